The van der Waals surface area contributed by atoms with Gasteiger partial charge in [0.15, 0.2) is 0 Å². The lowest BCUT2D eigenvalue weighted by Gasteiger charge is -2.36. The van der Waals surface area contributed by atoms with Crippen molar-refractivity contribution in [2.24, 2.45) is 5.92 Å². The number of carbonyl (C=O) groups excluding carboxylic acids is 1. The highest BCUT2D eigenvalue weighted by Gasteiger charge is 2.40. The Morgan fingerprint density at radius 3 is 2.76 bits per heavy atom. The number of hydrogen-bond donors (Lipinski definition) is 2. The minimum atomic E-state index is 0.148. The lowest BCUT2D eigenvalue weighted by molar-refractivity contribution is 0.159. The summed E-state index contributed by atoms with van der Waals surface area (Å²) in [6.45, 7) is 5.16. The summed E-state index contributed by atoms with van der Waals surface area (Å²) in [6.07, 6.45) is 2.52. The number of amides is 2. The van der Waals surface area contributed by atoms with E-state index < -0.39 is 0 Å². The molecule has 96 valence electrons. The first kappa shape index (κ1) is 11.3. The molecule has 0 bridgehead atoms. The van der Waals surface area contributed by atoms with Gasteiger partial charge in [-0.1, -0.05) is 0 Å². The van der Waals surface area contributed by atoms with Gasteiger partial charge in [-0.2, -0.15) is 0 Å². The fourth-order valence-corrected chi connectivity index (χ4v) is 3.19. The first-order chi connectivity index (χ1) is 8.24. The third-order valence-corrected chi connectivity index (χ3v) is 4.39. The molecule has 3 heterocycles. The Kier molecular flexibility index (Phi) is 2.96. The third kappa shape index (κ3) is 2.13. The van der Waals surface area contributed by atoms with Gasteiger partial charge in [-0.05, 0) is 32.4 Å². The molecule has 3 aliphatic heterocycles. The molecule has 0 aromatic heterocycles. The zero-order chi connectivity index (χ0) is 11.8. The van der Waals surface area contributed by atoms with E-state index in [9.17, 15) is 4.79 Å². The van der Waals surface area contributed by atoms with E-state index in [1.54, 1.807) is 0 Å². The zero-order valence-electron chi connectivity index (χ0n) is 10.5. The monoisotopic (exact) mass is 238 g/mol. The molecule has 3 aliphatic rings. The first-order valence-electron chi connectivity index (χ1n) is 6.70. The zero-order valence-corrected chi connectivity index (χ0v) is 10.5. The van der Waals surface area contributed by atoms with Gasteiger partial charge in [0.2, 0.25) is 0 Å². The summed E-state index contributed by atoms with van der Waals surface area (Å²) in [5, 5.41) is 6.41. The Morgan fingerprint density at radius 1 is 1.29 bits per heavy atom. The van der Waals surface area contributed by atoms with Crippen molar-refractivity contribution < 1.29 is 4.79 Å². The molecule has 2 amide bonds. The molecule has 0 aliphatic carbocycles. The van der Waals surface area contributed by atoms with Crippen LogP contribution in [0.2, 0.25) is 0 Å². The quantitative estimate of drug-likeness (QED) is 0.694. The van der Waals surface area contributed by atoms with Crippen LogP contribution in [0.4, 0.5) is 4.79 Å². The van der Waals surface area contributed by atoms with Crippen LogP contribution < -0.4 is 10.6 Å². The van der Waals surface area contributed by atoms with E-state index in [2.05, 4.69) is 22.6 Å². The van der Waals surface area contributed by atoms with E-state index in [4.69, 9.17) is 0 Å². The van der Waals surface area contributed by atoms with Crippen molar-refractivity contribution in [1.82, 2.24) is 20.4 Å². The largest absolute Gasteiger partial charge is 0.333 e. The number of likely N-dealkylation sites (tertiary alicyclic amines) is 1. The summed E-state index contributed by atoms with van der Waals surface area (Å²) >= 11 is 0. The fraction of sp³-hybridized carbons (Fsp3) is 0.917. The number of carbonyl (C=O) groups is 1. The highest BCUT2D eigenvalue weighted by molar-refractivity contribution is 5.77. The highest BCUT2D eigenvalue weighted by Crippen LogP contribution is 2.23. The van der Waals surface area contributed by atoms with Gasteiger partial charge in [-0.3, -0.25) is 0 Å². The van der Waals surface area contributed by atoms with Crippen molar-refractivity contribution in [2.45, 2.75) is 24.9 Å². The Morgan fingerprint density at radius 2 is 2.12 bits per heavy atom. The molecule has 0 aromatic rings. The molecule has 0 radical (unpaired) electrons. The second kappa shape index (κ2) is 4.46. The van der Waals surface area contributed by atoms with Crippen molar-refractivity contribution in [3.05, 3.63) is 0 Å². The van der Waals surface area contributed by atoms with Gasteiger partial charge in [0.25, 0.3) is 0 Å². The molecule has 3 saturated heterocycles. The smallest absolute Gasteiger partial charge is 0.318 e. The third-order valence-electron chi connectivity index (χ3n) is 4.39. The maximum atomic E-state index is 11.9. The Bertz CT molecular complexity index is 305. The number of rotatable bonds is 2. The molecular weight excluding hydrogens is 216 g/mol. The molecule has 5 heteroatoms. The van der Waals surface area contributed by atoms with Gasteiger partial charge in [-0.25, -0.2) is 4.79 Å². The van der Waals surface area contributed by atoms with Crippen molar-refractivity contribution in [2.75, 3.05) is 39.8 Å². The Balaban J connectivity index is 1.59. The lowest BCUT2D eigenvalue weighted by Crippen LogP contribution is -2.58. The SMILES string of the molecule is CN1CCCC(C2CN(C3CNC3)C(=O)N2)C1. The maximum absolute atomic E-state index is 11.9. The summed E-state index contributed by atoms with van der Waals surface area (Å²) in [5.41, 5.74) is 0. The van der Waals surface area contributed by atoms with Crippen LogP contribution in [0.3, 0.4) is 0 Å². The van der Waals surface area contributed by atoms with Gasteiger partial charge in [-0.15, -0.1) is 0 Å². The Hall–Kier alpha value is -0.810. The molecule has 2 unspecified atom stereocenters. The van der Waals surface area contributed by atoms with Gasteiger partial charge >= 0.3 is 6.03 Å². The van der Waals surface area contributed by atoms with Gasteiger partial charge < -0.3 is 20.4 Å². The first-order valence-corrected chi connectivity index (χ1v) is 6.70. The van der Waals surface area contributed by atoms with E-state index in [1.807, 2.05) is 4.90 Å². The molecular formula is C12H22N4O. The van der Waals surface area contributed by atoms with Gasteiger partial charge in [0.05, 0.1) is 12.1 Å². The van der Waals surface area contributed by atoms with Gasteiger partial charge in [0.1, 0.15) is 0 Å². The van der Waals surface area contributed by atoms with Crippen LogP contribution >= 0.6 is 0 Å². The maximum Gasteiger partial charge on any atom is 0.318 e. The molecule has 3 rings (SSSR count). The van der Waals surface area contributed by atoms with E-state index in [-0.39, 0.29) is 6.03 Å². The number of urea groups is 1. The summed E-state index contributed by atoms with van der Waals surface area (Å²) in [5.74, 6) is 0.635. The van der Waals surface area contributed by atoms with Crippen LogP contribution in [0.5, 0.6) is 0 Å². The lowest BCUT2D eigenvalue weighted by atomic mass is 9.91. The van der Waals surface area contributed by atoms with Crippen LogP contribution in [0, 0.1) is 5.92 Å². The topological polar surface area (TPSA) is 47.6 Å². The molecule has 3 fully saturated rings. The molecule has 0 saturated carbocycles. The molecule has 2 N–H and O–H groups in total. The van der Waals surface area contributed by atoms with Crippen LogP contribution in [0.1, 0.15) is 12.8 Å². The second-order valence-electron chi connectivity index (χ2n) is 5.68. The van der Waals surface area contributed by atoms with Crippen LogP contribution in [-0.4, -0.2) is 67.7 Å². The van der Waals surface area contributed by atoms with E-state index in [1.165, 1.54) is 19.4 Å². The molecule has 2 atom stereocenters. The fourth-order valence-electron chi connectivity index (χ4n) is 3.19. The number of piperidine rings is 1. The minimum Gasteiger partial charge on any atom is -0.333 e. The predicted octanol–water partition coefficient (Wildman–Crippen LogP) is -0.306. The van der Waals surface area contributed by atoms with E-state index >= 15 is 0 Å². The van der Waals surface area contributed by atoms with Gasteiger partial charge in [0, 0.05) is 26.2 Å². The molecule has 5 nitrogen and oxygen atoms in total. The van der Waals surface area contributed by atoms with Crippen molar-refractivity contribution >= 4 is 6.03 Å². The van der Waals surface area contributed by atoms with E-state index in [0.29, 0.717) is 18.0 Å². The number of nitrogens with one attached hydrogen (secondary N) is 2. The van der Waals surface area contributed by atoms with Crippen molar-refractivity contribution in [1.29, 1.82) is 0 Å². The van der Waals surface area contributed by atoms with Crippen LogP contribution in [0.15, 0.2) is 0 Å². The molecule has 0 aromatic carbocycles. The second-order valence-corrected chi connectivity index (χ2v) is 5.68. The normalized spacial score (nSPS) is 35.8. The van der Waals surface area contributed by atoms with E-state index in [0.717, 1.165) is 26.2 Å². The number of nitrogens with zero attached hydrogens (tertiary/aromatic N) is 2. The van der Waals surface area contributed by atoms with Crippen LogP contribution in [0.25, 0.3) is 0 Å². The molecule has 0 spiro atoms. The summed E-state index contributed by atoms with van der Waals surface area (Å²) in [6, 6.07) is 0.946. The highest BCUT2D eigenvalue weighted by atomic mass is 16.2. The Labute approximate surface area is 103 Å². The summed E-state index contributed by atoms with van der Waals surface area (Å²) in [7, 11) is 2.18. The minimum absolute atomic E-state index is 0.148. The number of hydrogen-bond acceptors (Lipinski definition) is 3. The summed E-state index contributed by atoms with van der Waals surface area (Å²) in [4.78, 5) is 16.3. The predicted molar refractivity (Wildman–Crippen MR) is 65.9 cm³/mol. The van der Waals surface area contributed by atoms with Crippen LogP contribution in [-0.2, 0) is 0 Å². The average Bonchev–Trinajstić information content (AvgIpc) is 2.59. The summed E-state index contributed by atoms with van der Waals surface area (Å²) < 4.78 is 0. The molecule has 17 heavy (non-hydrogen) atoms. The average molecular weight is 238 g/mol. The van der Waals surface area contributed by atoms with Crippen molar-refractivity contribution in [3.63, 3.8) is 0 Å². The standard InChI is InChI=1S/C12H22N4O/c1-15-4-2-3-9(7-15)11-8-16(12(17)14-11)10-5-13-6-10/h9-11,13H,2-8H2,1H3,(H,14,17). The van der Waals surface area contributed by atoms with Crippen molar-refractivity contribution in [3.8, 4) is 0 Å².